The lowest BCUT2D eigenvalue weighted by atomic mass is 10.1. The Bertz CT molecular complexity index is 1280. The number of benzene rings is 3. The number of carbonyl (C=O) groups excluding carboxylic acids is 1. The first kappa shape index (κ1) is 21.3. The van der Waals surface area contributed by atoms with Crippen molar-refractivity contribution in [1.29, 1.82) is 0 Å². The Morgan fingerprint density at radius 2 is 1.71 bits per heavy atom. The van der Waals surface area contributed by atoms with Gasteiger partial charge in [-0.15, -0.1) is 5.10 Å². The molecule has 5 nitrogen and oxygen atoms in total. The molecule has 0 aliphatic rings. The zero-order valence-corrected chi connectivity index (χ0v) is 19.6. The van der Waals surface area contributed by atoms with Crippen LogP contribution < -0.4 is 5.32 Å². The van der Waals surface area contributed by atoms with Gasteiger partial charge in [-0.25, -0.2) is 9.67 Å². The van der Waals surface area contributed by atoms with Crippen LogP contribution in [0.1, 0.15) is 27.3 Å². The first-order chi connectivity index (χ1) is 14.8. The highest BCUT2D eigenvalue weighted by Gasteiger charge is 2.20. The summed E-state index contributed by atoms with van der Waals surface area (Å²) in [6.07, 6.45) is 0. The third-order valence-corrected chi connectivity index (χ3v) is 5.70. The fourth-order valence-electron chi connectivity index (χ4n) is 3.31. The van der Waals surface area contributed by atoms with Gasteiger partial charge in [-0.2, -0.15) is 0 Å². The van der Waals surface area contributed by atoms with Gasteiger partial charge in [0.05, 0.1) is 5.69 Å². The summed E-state index contributed by atoms with van der Waals surface area (Å²) < 4.78 is 2.68. The molecular formula is C24H20BrClN4O. The van der Waals surface area contributed by atoms with Crippen LogP contribution in [0.4, 0.5) is 5.69 Å². The fraction of sp³-hybridized carbons (Fsp3) is 0.125. The van der Waals surface area contributed by atoms with Crippen LogP contribution >= 0.6 is 27.5 Å². The van der Waals surface area contributed by atoms with E-state index in [1.807, 2.05) is 63.2 Å². The minimum absolute atomic E-state index is 0.0808. The van der Waals surface area contributed by atoms with Crippen molar-refractivity contribution in [3.8, 4) is 17.1 Å². The molecule has 0 unspecified atom stereocenters. The molecule has 1 amide bonds. The SMILES string of the molecule is Cc1ccc(-n2nc(C(=O)Nc3cc(Cl)ccc3C)nc2-c2ccc(Br)cc2)c(C)c1. The van der Waals surface area contributed by atoms with E-state index in [9.17, 15) is 4.79 Å². The van der Waals surface area contributed by atoms with Crippen molar-refractivity contribution in [2.24, 2.45) is 0 Å². The van der Waals surface area contributed by atoms with Crippen LogP contribution in [0.25, 0.3) is 17.1 Å². The second-order valence-electron chi connectivity index (χ2n) is 7.38. The molecule has 1 N–H and O–H groups in total. The number of hydrogen-bond donors (Lipinski definition) is 1. The van der Waals surface area contributed by atoms with E-state index in [0.29, 0.717) is 16.5 Å². The molecule has 4 aromatic rings. The van der Waals surface area contributed by atoms with Crippen molar-refractivity contribution in [3.05, 3.63) is 92.7 Å². The minimum atomic E-state index is -0.396. The van der Waals surface area contributed by atoms with E-state index >= 15 is 0 Å². The van der Waals surface area contributed by atoms with Crippen LogP contribution in [0, 0.1) is 20.8 Å². The van der Waals surface area contributed by atoms with Crippen molar-refractivity contribution in [2.45, 2.75) is 20.8 Å². The summed E-state index contributed by atoms with van der Waals surface area (Å²) in [5, 5.41) is 7.99. The molecule has 156 valence electrons. The molecule has 0 saturated heterocycles. The van der Waals surface area contributed by atoms with Crippen molar-refractivity contribution in [2.75, 3.05) is 5.32 Å². The molecular weight excluding hydrogens is 476 g/mol. The fourth-order valence-corrected chi connectivity index (χ4v) is 3.75. The van der Waals surface area contributed by atoms with Gasteiger partial charge in [0.2, 0.25) is 5.82 Å². The molecule has 0 radical (unpaired) electrons. The van der Waals surface area contributed by atoms with Gasteiger partial charge in [0.1, 0.15) is 0 Å². The summed E-state index contributed by atoms with van der Waals surface area (Å²) in [5.41, 5.74) is 5.45. The minimum Gasteiger partial charge on any atom is -0.319 e. The summed E-state index contributed by atoms with van der Waals surface area (Å²) in [6.45, 7) is 5.96. The van der Waals surface area contributed by atoms with Crippen LogP contribution in [-0.2, 0) is 0 Å². The average Bonchev–Trinajstić information content (AvgIpc) is 3.16. The summed E-state index contributed by atoms with van der Waals surface area (Å²) in [6, 6.07) is 19.2. The third kappa shape index (κ3) is 4.55. The number of anilines is 1. The quantitative estimate of drug-likeness (QED) is 0.350. The largest absolute Gasteiger partial charge is 0.319 e. The number of rotatable bonds is 4. The molecule has 0 spiro atoms. The van der Waals surface area contributed by atoms with Crippen LogP contribution in [0.3, 0.4) is 0 Å². The predicted octanol–water partition coefficient (Wildman–Crippen LogP) is 6.53. The number of halogens is 2. The van der Waals surface area contributed by atoms with Gasteiger partial charge in [-0.3, -0.25) is 4.79 Å². The molecule has 0 atom stereocenters. The van der Waals surface area contributed by atoms with Gasteiger partial charge >= 0.3 is 0 Å². The highest BCUT2D eigenvalue weighted by Crippen LogP contribution is 2.26. The number of carbonyl (C=O) groups is 1. The number of hydrogen-bond acceptors (Lipinski definition) is 3. The standard InChI is InChI=1S/C24H20BrClN4O/c1-14-4-11-21(16(3)12-14)30-23(17-6-8-18(25)9-7-17)28-22(29-30)24(31)27-20-13-19(26)10-5-15(20)2/h4-13H,1-3H3,(H,27,31). The highest BCUT2D eigenvalue weighted by molar-refractivity contribution is 9.10. The molecule has 4 rings (SSSR count). The zero-order valence-electron chi connectivity index (χ0n) is 17.3. The van der Waals surface area contributed by atoms with Gasteiger partial charge < -0.3 is 5.32 Å². The van der Waals surface area contributed by atoms with E-state index in [1.54, 1.807) is 16.8 Å². The van der Waals surface area contributed by atoms with Gasteiger partial charge in [-0.05, 0) is 62.2 Å². The molecule has 1 aromatic heterocycles. The molecule has 3 aromatic carbocycles. The van der Waals surface area contributed by atoms with Crippen LogP contribution in [0.5, 0.6) is 0 Å². The van der Waals surface area contributed by atoms with Gasteiger partial charge in [0.15, 0.2) is 5.82 Å². The topological polar surface area (TPSA) is 59.8 Å². The number of aryl methyl sites for hydroxylation is 3. The maximum Gasteiger partial charge on any atom is 0.295 e. The summed E-state index contributed by atoms with van der Waals surface area (Å²) >= 11 is 9.55. The first-order valence-electron chi connectivity index (χ1n) is 9.70. The van der Waals surface area contributed by atoms with E-state index in [4.69, 9.17) is 11.6 Å². The Balaban J connectivity index is 1.80. The molecule has 0 aliphatic heterocycles. The van der Waals surface area contributed by atoms with Crippen molar-refractivity contribution in [3.63, 3.8) is 0 Å². The predicted molar refractivity (Wildman–Crippen MR) is 128 cm³/mol. The highest BCUT2D eigenvalue weighted by atomic mass is 79.9. The molecule has 7 heteroatoms. The summed E-state index contributed by atoms with van der Waals surface area (Å²) in [5.74, 6) is 0.275. The molecule has 31 heavy (non-hydrogen) atoms. The van der Waals surface area contributed by atoms with Crippen LogP contribution in [-0.4, -0.2) is 20.7 Å². The van der Waals surface area contributed by atoms with Crippen molar-refractivity contribution >= 4 is 39.1 Å². The monoisotopic (exact) mass is 494 g/mol. The van der Waals surface area contributed by atoms with E-state index in [0.717, 1.165) is 32.4 Å². The number of nitrogens with zero attached hydrogens (tertiary/aromatic N) is 3. The Kier molecular flexibility index (Phi) is 5.94. The van der Waals surface area contributed by atoms with E-state index < -0.39 is 5.91 Å². The lowest BCUT2D eigenvalue weighted by molar-refractivity contribution is 0.101. The van der Waals surface area contributed by atoms with E-state index in [1.165, 1.54) is 0 Å². The Morgan fingerprint density at radius 1 is 0.968 bits per heavy atom. The lowest BCUT2D eigenvalue weighted by Gasteiger charge is -2.10. The van der Waals surface area contributed by atoms with Crippen LogP contribution in [0.2, 0.25) is 5.02 Å². The number of nitrogens with one attached hydrogen (secondary N) is 1. The maximum atomic E-state index is 13.0. The summed E-state index contributed by atoms with van der Waals surface area (Å²) in [4.78, 5) is 17.6. The molecule has 1 heterocycles. The van der Waals surface area contributed by atoms with Crippen molar-refractivity contribution in [1.82, 2.24) is 14.8 Å². The molecule has 0 bridgehead atoms. The normalized spacial score (nSPS) is 10.9. The smallest absolute Gasteiger partial charge is 0.295 e. The maximum absolute atomic E-state index is 13.0. The summed E-state index contributed by atoms with van der Waals surface area (Å²) in [7, 11) is 0. The molecule has 0 fully saturated rings. The second-order valence-corrected chi connectivity index (χ2v) is 8.73. The Hall–Kier alpha value is -2.96. The molecule has 0 saturated carbocycles. The first-order valence-corrected chi connectivity index (χ1v) is 10.9. The Morgan fingerprint density at radius 3 is 2.42 bits per heavy atom. The van der Waals surface area contributed by atoms with Crippen molar-refractivity contribution < 1.29 is 4.79 Å². The molecule has 0 aliphatic carbocycles. The Labute approximate surface area is 194 Å². The number of amides is 1. The van der Waals surface area contributed by atoms with Gasteiger partial charge in [0.25, 0.3) is 5.91 Å². The van der Waals surface area contributed by atoms with Crippen LogP contribution in [0.15, 0.2) is 65.1 Å². The number of aromatic nitrogens is 3. The average molecular weight is 496 g/mol. The lowest BCUT2D eigenvalue weighted by Crippen LogP contribution is -2.15. The van der Waals surface area contributed by atoms with E-state index in [-0.39, 0.29) is 5.82 Å². The van der Waals surface area contributed by atoms with Gasteiger partial charge in [-0.1, -0.05) is 63.4 Å². The second kappa shape index (κ2) is 8.65. The van der Waals surface area contributed by atoms with Gasteiger partial charge in [0, 0.05) is 20.7 Å². The van der Waals surface area contributed by atoms with E-state index in [2.05, 4.69) is 37.4 Å². The third-order valence-electron chi connectivity index (χ3n) is 4.94. The zero-order chi connectivity index (χ0) is 22.1.